The fourth-order valence-corrected chi connectivity index (χ4v) is 2.58. The highest BCUT2D eigenvalue weighted by Gasteiger charge is 2.29. The summed E-state index contributed by atoms with van der Waals surface area (Å²) in [6.07, 6.45) is -1.62. The third-order valence-electron chi connectivity index (χ3n) is 3.72. The van der Waals surface area contributed by atoms with Crippen molar-refractivity contribution in [1.82, 2.24) is 24.8 Å². The molecule has 3 heterocycles. The molecule has 0 bridgehead atoms. The lowest BCUT2D eigenvalue weighted by atomic mass is 10.2. The number of morpholine rings is 1. The number of fused-ring (bicyclic) bond motifs is 1. The second-order valence-corrected chi connectivity index (χ2v) is 5.44. The summed E-state index contributed by atoms with van der Waals surface area (Å²) >= 11 is 0. The lowest BCUT2D eigenvalue weighted by Gasteiger charge is -2.26. The lowest BCUT2D eigenvalue weighted by molar-refractivity contribution is -0.123. The van der Waals surface area contributed by atoms with Crippen LogP contribution in [0.3, 0.4) is 0 Å². The first-order chi connectivity index (χ1) is 11.4. The molecule has 0 unspecified atom stereocenters. The van der Waals surface area contributed by atoms with Crippen LogP contribution >= 0.6 is 0 Å². The van der Waals surface area contributed by atoms with Crippen LogP contribution in [0, 0.1) is 0 Å². The number of hydrogen-bond donors (Lipinski definition) is 1. The monoisotopic (exact) mass is 343 g/mol. The van der Waals surface area contributed by atoms with Crippen LogP contribution in [0.25, 0.3) is 5.52 Å². The molecule has 0 aromatic carbocycles. The number of alkyl halides is 3. The van der Waals surface area contributed by atoms with E-state index < -0.39 is 18.6 Å². The van der Waals surface area contributed by atoms with Gasteiger partial charge in [0.15, 0.2) is 0 Å². The molecule has 0 aliphatic carbocycles. The summed E-state index contributed by atoms with van der Waals surface area (Å²) in [5, 5.41) is 6.01. The largest absolute Gasteiger partial charge is 0.405 e. The molecule has 1 fully saturated rings. The topological polar surface area (TPSA) is 71.8 Å². The second kappa shape index (κ2) is 6.73. The highest BCUT2D eigenvalue weighted by Crippen LogP contribution is 2.19. The zero-order chi connectivity index (χ0) is 17.2. The molecule has 1 aliphatic heterocycles. The minimum absolute atomic E-state index is 0.172. The zero-order valence-electron chi connectivity index (χ0n) is 12.7. The standard InChI is InChI=1S/C14H16F3N5O2/c15-14(16,17)8-19-13(23)11-5-10-6-18-9-20-22(10)12(11)7-21-1-3-24-4-2-21/h5-6,9H,1-4,7-8H2,(H,19,23). The van der Waals surface area contributed by atoms with Crippen molar-refractivity contribution in [1.29, 1.82) is 0 Å². The normalized spacial score (nSPS) is 16.5. The van der Waals surface area contributed by atoms with Gasteiger partial charge in [0.05, 0.1) is 36.2 Å². The Morgan fingerprint density at radius 3 is 2.79 bits per heavy atom. The van der Waals surface area contributed by atoms with Gasteiger partial charge in [-0.05, 0) is 6.07 Å². The molecule has 1 amide bonds. The summed E-state index contributed by atoms with van der Waals surface area (Å²) < 4.78 is 43.8. The van der Waals surface area contributed by atoms with Gasteiger partial charge in [-0.15, -0.1) is 0 Å². The van der Waals surface area contributed by atoms with Gasteiger partial charge >= 0.3 is 6.18 Å². The Morgan fingerprint density at radius 2 is 2.08 bits per heavy atom. The van der Waals surface area contributed by atoms with Crippen molar-refractivity contribution in [3.8, 4) is 0 Å². The van der Waals surface area contributed by atoms with Gasteiger partial charge in [-0.2, -0.15) is 18.3 Å². The van der Waals surface area contributed by atoms with E-state index in [4.69, 9.17) is 4.74 Å². The van der Waals surface area contributed by atoms with Crippen LogP contribution in [0.5, 0.6) is 0 Å². The van der Waals surface area contributed by atoms with Gasteiger partial charge < -0.3 is 10.1 Å². The number of carbonyl (C=O) groups is 1. The molecule has 1 aliphatic rings. The fourth-order valence-electron chi connectivity index (χ4n) is 2.58. The van der Waals surface area contributed by atoms with E-state index in [1.54, 1.807) is 0 Å². The first-order valence-corrected chi connectivity index (χ1v) is 7.40. The van der Waals surface area contributed by atoms with Crippen molar-refractivity contribution in [2.24, 2.45) is 0 Å². The Bertz CT molecular complexity index is 725. The maximum atomic E-state index is 12.3. The van der Waals surface area contributed by atoms with Gasteiger partial charge in [0.1, 0.15) is 12.9 Å². The number of rotatable bonds is 4. The Balaban J connectivity index is 1.88. The highest BCUT2D eigenvalue weighted by atomic mass is 19.4. The number of halogens is 3. The molecule has 0 radical (unpaired) electrons. The Labute approximate surface area is 135 Å². The molecule has 10 heteroatoms. The zero-order valence-corrected chi connectivity index (χ0v) is 12.7. The molecule has 1 N–H and O–H groups in total. The molecule has 3 rings (SSSR count). The van der Waals surface area contributed by atoms with E-state index in [0.29, 0.717) is 44.1 Å². The third-order valence-corrected chi connectivity index (χ3v) is 3.72. The number of nitrogens with one attached hydrogen (secondary N) is 1. The van der Waals surface area contributed by atoms with Crippen LogP contribution in [-0.4, -0.2) is 64.4 Å². The van der Waals surface area contributed by atoms with Crippen LogP contribution in [0.2, 0.25) is 0 Å². The number of ether oxygens (including phenoxy) is 1. The number of nitrogens with zero attached hydrogens (tertiary/aromatic N) is 4. The second-order valence-electron chi connectivity index (χ2n) is 5.44. The van der Waals surface area contributed by atoms with Crippen molar-refractivity contribution in [3.05, 3.63) is 29.8 Å². The van der Waals surface area contributed by atoms with Crippen LogP contribution in [0.1, 0.15) is 16.1 Å². The van der Waals surface area contributed by atoms with Crippen molar-refractivity contribution < 1.29 is 22.7 Å². The highest BCUT2D eigenvalue weighted by molar-refractivity contribution is 5.97. The number of hydrogen-bond acceptors (Lipinski definition) is 5. The minimum atomic E-state index is -4.46. The molecule has 130 valence electrons. The van der Waals surface area contributed by atoms with E-state index in [9.17, 15) is 18.0 Å². The van der Waals surface area contributed by atoms with Crippen molar-refractivity contribution in [2.45, 2.75) is 12.7 Å². The molecule has 2 aromatic heterocycles. The van der Waals surface area contributed by atoms with Crippen molar-refractivity contribution in [3.63, 3.8) is 0 Å². The maximum absolute atomic E-state index is 12.3. The van der Waals surface area contributed by atoms with E-state index in [0.717, 1.165) is 0 Å². The minimum Gasteiger partial charge on any atom is -0.379 e. The summed E-state index contributed by atoms with van der Waals surface area (Å²) in [5.74, 6) is -0.777. The van der Waals surface area contributed by atoms with E-state index in [1.807, 2.05) is 5.32 Å². The summed E-state index contributed by atoms with van der Waals surface area (Å²) in [4.78, 5) is 18.2. The Morgan fingerprint density at radius 1 is 1.33 bits per heavy atom. The van der Waals surface area contributed by atoms with E-state index >= 15 is 0 Å². The third kappa shape index (κ3) is 3.82. The SMILES string of the molecule is O=C(NCC(F)(F)F)c1cc2cncnn2c1CN1CCOCC1. The van der Waals surface area contributed by atoms with Gasteiger partial charge in [-0.25, -0.2) is 9.50 Å². The molecule has 7 nitrogen and oxygen atoms in total. The van der Waals surface area contributed by atoms with Crippen LogP contribution in [0.4, 0.5) is 13.2 Å². The average Bonchev–Trinajstić information content (AvgIpc) is 2.92. The predicted octanol–water partition coefficient (Wildman–Crippen LogP) is 0.854. The molecule has 0 atom stereocenters. The first kappa shape index (κ1) is 16.7. The lowest BCUT2D eigenvalue weighted by Crippen LogP contribution is -2.37. The predicted molar refractivity (Wildman–Crippen MR) is 77.5 cm³/mol. The maximum Gasteiger partial charge on any atom is 0.405 e. The summed E-state index contributed by atoms with van der Waals surface area (Å²) in [5.41, 5.74) is 1.26. The summed E-state index contributed by atoms with van der Waals surface area (Å²) in [7, 11) is 0. The fraction of sp³-hybridized carbons (Fsp3) is 0.500. The van der Waals surface area contributed by atoms with E-state index in [2.05, 4.69) is 15.0 Å². The van der Waals surface area contributed by atoms with Gasteiger partial charge in [0.2, 0.25) is 0 Å². The van der Waals surface area contributed by atoms with Gasteiger partial charge in [0, 0.05) is 19.6 Å². The van der Waals surface area contributed by atoms with Gasteiger partial charge in [-0.1, -0.05) is 0 Å². The molecule has 0 saturated carbocycles. The van der Waals surface area contributed by atoms with Gasteiger partial charge in [-0.3, -0.25) is 9.69 Å². The van der Waals surface area contributed by atoms with E-state index in [1.165, 1.54) is 23.1 Å². The van der Waals surface area contributed by atoms with Crippen molar-refractivity contribution in [2.75, 3.05) is 32.8 Å². The van der Waals surface area contributed by atoms with Crippen LogP contribution in [0.15, 0.2) is 18.6 Å². The van der Waals surface area contributed by atoms with Crippen LogP contribution < -0.4 is 5.32 Å². The average molecular weight is 343 g/mol. The molecule has 0 spiro atoms. The molecular formula is C14H16F3N5O2. The van der Waals surface area contributed by atoms with Gasteiger partial charge in [0.25, 0.3) is 5.91 Å². The Kier molecular flexibility index (Phi) is 4.67. The smallest absolute Gasteiger partial charge is 0.379 e. The van der Waals surface area contributed by atoms with Crippen molar-refractivity contribution >= 4 is 11.4 Å². The molecule has 2 aromatic rings. The molecule has 1 saturated heterocycles. The summed E-state index contributed by atoms with van der Waals surface area (Å²) in [6.45, 7) is 1.54. The first-order valence-electron chi connectivity index (χ1n) is 7.40. The Hall–Kier alpha value is -2.20. The van der Waals surface area contributed by atoms with Crippen LogP contribution in [-0.2, 0) is 11.3 Å². The molecule has 24 heavy (non-hydrogen) atoms. The number of aromatic nitrogens is 3. The molecular weight excluding hydrogens is 327 g/mol. The van der Waals surface area contributed by atoms with E-state index in [-0.39, 0.29) is 5.56 Å². The number of amides is 1. The number of carbonyl (C=O) groups excluding carboxylic acids is 1. The summed E-state index contributed by atoms with van der Waals surface area (Å²) in [6, 6.07) is 1.50. The quantitative estimate of drug-likeness (QED) is 0.891.